The van der Waals surface area contributed by atoms with E-state index in [9.17, 15) is 4.79 Å². The molecule has 1 aromatic carbocycles. The van der Waals surface area contributed by atoms with E-state index in [1.807, 2.05) is 43.5 Å². The van der Waals surface area contributed by atoms with Gasteiger partial charge in [-0.15, -0.1) is 11.3 Å². The molecule has 0 saturated carbocycles. The van der Waals surface area contributed by atoms with Crippen molar-refractivity contribution in [2.24, 2.45) is 0 Å². The molecule has 1 aromatic heterocycles. The minimum atomic E-state index is -0.176. The molecule has 1 unspecified atom stereocenters. The molecule has 0 fully saturated rings. The first-order valence-electron chi connectivity index (χ1n) is 5.70. The highest BCUT2D eigenvalue weighted by molar-refractivity contribution is 9.10. The van der Waals surface area contributed by atoms with Crippen molar-refractivity contribution in [1.82, 2.24) is 4.98 Å². The third kappa shape index (κ3) is 4.33. The molecule has 3 nitrogen and oxygen atoms in total. The normalized spacial score (nSPS) is 12.2. The molecule has 0 aliphatic heterocycles. The molecule has 1 amide bonds. The van der Waals surface area contributed by atoms with E-state index in [-0.39, 0.29) is 11.2 Å². The van der Waals surface area contributed by atoms with Crippen LogP contribution >= 0.6 is 39.0 Å². The molecule has 2 rings (SSSR count). The van der Waals surface area contributed by atoms with Gasteiger partial charge >= 0.3 is 0 Å². The maximum absolute atomic E-state index is 12.1. The van der Waals surface area contributed by atoms with Gasteiger partial charge in [0.05, 0.1) is 5.25 Å². The third-order valence-corrected chi connectivity index (χ3v) is 5.02. The lowest BCUT2D eigenvalue weighted by atomic mass is 10.3. The Morgan fingerprint density at radius 3 is 2.95 bits per heavy atom. The summed E-state index contributed by atoms with van der Waals surface area (Å²) in [6.45, 7) is 3.83. The average Bonchev–Trinajstić information content (AvgIpc) is 2.74. The molecule has 1 atom stereocenters. The van der Waals surface area contributed by atoms with Crippen LogP contribution in [0, 0.1) is 6.92 Å². The zero-order valence-corrected chi connectivity index (χ0v) is 13.7. The summed E-state index contributed by atoms with van der Waals surface area (Å²) in [6, 6.07) is 7.56. The van der Waals surface area contributed by atoms with Crippen molar-refractivity contribution in [1.29, 1.82) is 0 Å². The summed E-state index contributed by atoms with van der Waals surface area (Å²) in [5, 5.41) is 4.71. The molecule has 2 aromatic rings. The molecular weight excluding hydrogens is 344 g/mol. The summed E-state index contributed by atoms with van der Waals surface area (Å²) in [4.78, 5) is 16.4. The highest BCUT2D eigenvalue weighted by Crippen LogP contribution is 2.27. The number of hydrogen-bond donors (Lipinski definition) is 1. The Labute approximate surface area is 129 Å². The number of rotatable bonds is 4. The smallest absolute Gasteiger partial charge is 0.237 e. The first kappa shape index (κ1) is 14.6. The predicted molar refractivity (Wildman–Crippen MR) is 84.9 cm³/mol. The van der Waals surface area contributed by atoms with Crippen LogP contribution in [0.1, 0.15) is 12.6 Å². The molecule has 6 heteroatoms. The summed E-state index contributed by atoms with van der Waals surface area (Å²) < 4.78 is 1.87. The second-order valence-corrected chi connectivity index (χ2v) is 7.38. The number of aromatic nitrogens is 1. The van der Waals surface area contributed by atoms with Gasteiger partial charge in [0.2, 0.25) is 5.91 Å². The zero-order chi connectivity index (χ0) is 13.8. The number of thioether (sulfide) groups is 1. The van der Waals surface area contributed by atoms with Crippen LogP contribution in [0.5, 0.6) is 0 Å². The molecule has 0 spiro atoms. The Morgan fingerprint density at radius 1 is 1.53 bits per heavy atom. The number of halogens is 1. The van der Waals surface area contributed by atoms with Crippen molar-refractivity contribution in [3.8, 4) is 0 Å². The summed E-state index contributed by atoms with van der Waals surface area (Å²) in [5.74, 6) is -0.0176. The lowest BCUT2D eigenvalue weighted by Gasteiger charge is -2.10. The number of anilines is 1. The molecule has 100 valence electrons. The van der Waals surface area contributed by atoms with Gasteiger partial charge in [0, 0.05) is 21.2 Å². The van der Waals surface area contributed by atoms with Crippen molar-refractivity contribution < 1.29 is 4.79 Å². The molecule has 0 radical (unpaired) electrons. The van der Waals surface area contributed by atoms with Crippen molar-refractivity contribution in [2.75, 3.05) is 5.32 Å². The number of thiazole rings is 1. The number of benzene rings is 1. The topological polar surface area (TPSA) is 42.0 Å². The maximum Gasteiger partial charge on any atom is 0.237 e. The van der Waals surface area contributed by atoms with Gasteiger partial charge in [0.25, 0.3) is 0 Å². The van der Waals surface area contributed by atoms with Gasteiger partial charge < -0.3 is 5.32 Å². The number of nitrogens with zero attached hydrogens (tertiary/aromatic N) is 1. The number of aryl methyl sites for hydroxylation is 1. The third-order valence-electron chi connectivity index (χ3n) is 2.34. The fourth-order valence-electron chi connectivity index (χ4n) is 1.40. The summed E-state index contributed by atoms with van der Waals surface area (Å²) >= 11 is 6.43. The number of amides is 1. The molecule has 1 N–H and O–H groups in total. The summed E-state index contributed by atoms with van der Waals surface area (Å²) in [7, 11) is 0. The standard InChI is InChI=1S/C13H13BrN2OS2/c1-8-7-18-13(15-8)19-9(2)12(17)16-11-5-3-4-10(14)6-11/h3-7,9H,1-2H3,(H,16,17). The Morgan fingerprint density at radius 2 is 2.32 bits per heavy atom. The zero-order valence-electron chi connectivity index (χ0n) is 10.5. The number of carbonyl (C=O) groups excluding carboxylic acids is 1. The van der Waals surface area contributed by atoms with Crippen molar-refractivity contribution in [3.63, 3.8) is 0 Å². The van der Waals surface area contributed by atoms with Crippen LogP contribution in [0.25, 0.3) is 0 Å². The van der Waals surface area contributed by atoms with E-state index in [2.05, 4.69) is 26.2 Å². The Bertz CT molecular complexity index is 586. The first-order valence-corrected chi connectivity index (χ1v) is 8.25. The van der Waals surface area contributed by atoms with Gasteiger partial charge in [-0.1, -0.05) is 33.8 Å². The van der Waals surface area contributed by atoms with Gasteiger partial charge in [-0.3, -0.25) is 4.79 Å². The minimum Gasteiger partial charge on any atom is -0.325 e. The largest absolute Gasteiger partial charge is 0.325 e. The molecule has 0 aliphatic rings. The molecular formula is C13H13BrN2OS2. The van der Waals surface area contributed by atoms with Gasteiger partial charge in [0.15, 0.2) is 4.34 Å². The summed E-state index contributed by atoms with van der Waals surface area (Å²) in [6.07, 6.45) is 0. The minimum absolute atomic E-state index is 0.0176. The van der Waals surface area contributed by atoms with E-state index in [0.29, 0.717) is 0 Å². The Balaban J connectivity index is 1.96. The van der Waals surface area contributed by atoms with Crippen LogP contribution in [-0.4, -0.2) is 16.1 Å². The van der Waals surface area contributed by atoms with Crippen LogP contribution in [0.15, 0.2) is 38.5 Å². The van der Waals surface area contributed by atoms with Crippen molar-refractivity contribution in [3.05, 3.63) is 39.8 Å². The number of hydrogen-bond acceptors (Lipinski definition) is 4. The Kier molecular flexibility index (Phi) is 5.01. The lowest BCUT2D eigenvalue weighted by molar-refractivity contribution is -0.115. The monoisotopic (exact) mass is 356 g/mol. The molecule has 0 aliphatic carbocycles. The van der Waals surface area contributed by atoms with Gasteiger partial charge in [-0.25, -0.2) is 4.98 Å². The summed E-state index contributed by atoms with van der Waals surface area (Å²) in [5.41, 5.74) is 1.79. The molecule has 0 bridgehead atoms. The second kappa shape index (κ2) is 6.54. The van der Waals surface area contributed by atoms with E-state index < -0.39 is 0 Å². The van der Waals surface area contributed by atoms with Gasteiger partial charge in [-0.2, -0.15) is 0 Å². The maximum atomic E-state index is 12.1. The van der Waals surface area contributed by atoms with Crippen LogP contribution in [0.3, 0.4) is 0 Å². The second-order valence-electron chi connectivity index (χ2n) is 4.01. The van der Waals surface area contributed by atoms with E-state index in [1.165, 1.54) is 11.8 Å². The first-order chi connectivity index (χ1) is 9.04. The predicted octanol–water partition coefficient (Wildman–Crippen LogP) is 4.33. The number of carbonyl (C=O) groups is 1. The lowest BCUT2D eigenvalue weighted by Crippen LogP contribution is -2.22. The molecule has 1 heterocycles. The molecule has 0 saturated heterocycles. The van der Waals surface area contributed by atoms with E-state index in [4.69, 9.17) is 0 Å². The highest BCUT2D eigenvalue weighted by Gasteiger charge is 2.16. The van der Waals surface area contributed by atoms with Crippen LogP contribution in [0.2, 0.25) is 0 Å². The van der Waals surface area contributed by atoms with Gasteiger partial charge in [0.1, 0.15) is 0 Å². The number of nitrogens with one attached hydrogen (secondary N) is 1. The van der Waals surface area contributed by atoms with E-state index in [1.54, 1.807) is 11.3 Å². The SMILES string of the molecule is Cc1csc(SC(C)C(=O)Nc2cccc(Br)c2)n1. The fraction of sp³-hybridized carbons (Fsp3) is 0.231. The van der Waals surface area contributed by atoms with E-state index in [0.717, 1.165) is 20.2 Å². The quantitative estimate of drug-likeness (QED) is 0.828. The van der Waals surface area contributed by atoms with Crippen molar-refractivity contribution >= 4 is 50.6 Å². The van der Waals surface area contributed by atoms with Gasteiger partial charge in [-0.05, 0) is 32.0 Å². The average molecular weight is 357 g/mol. The fourth-order valence-corrected chi connectivity index (χ4v) is 3.79. The van der Waals surface area contributed by atoms with E-state index >= 15 is 0 Å². The molecule has 19 heavy (non-hydrogen) atoms. The van der Waals surface area contributed by atoms with Crippen LogP contribution < -0.4 is 5.32 Å². The highest BCUT2D eigenvalue weighted by atomic mass is 79.9. The van der Waals surface area contributed by atoms with Crippen LogP contribution in [-0.2, 0) is 4.79 Å². The van der Waals surface area contributed by atoms with Crippen LogP contribution in [0.4, 0.5) is 5.69 Å². The van der Waals surface area contributed by atoms with Crippen molar-refractivity contribution in [2.45, 2.75) is 23.4 Å². The Hall–Kier alpha value is -0.850.